The summed E-state index contributed by atoms with van der Waals surface area (Å²) in [5, 5.41) is 3.96. The van der Waals surface area contributed by atoms with E-state index in [1.807, 2.05) is 27.7 Å². The van der Waals surface area contributed by atoms with E-state index < -0.39 is 23.0 Å². The van der Waals surface area contributed by atoms with Crippen molar-refractivity contribution in [2.45, 2.75) is 70.4 Å². The number of ether oxygens (including phenoxy) is 1. The number of hydrogen-bond donors (Lipinski definition) is 1. The van der Waals surface area contributed by atoms with Gasteiger partial charge in [0.05, 0.1) is 22.4 Å². The average Bonchev–Trinajstić information content (AvgIpc) is 3.17. The Hall–Kier alpha value is -2.52. The molecule has 0 unspecified atom stereocenters. The monoisotopic (exact) mass is 513 g/mol. The van der Waals surface area contributed by atoms with Crippen LogP contribution in [0.2, 0.25) is 5.02 Å². The highest BCUT2D eigenvalue weighted by atomic mass is 35.5. The van der Waals surface area contributed by atoms with Crippen LogP contribution in [0.4, 0.5) is 13.2 Å². The van der Waals surface area contributed by atoms with E-state index in [1.54, 1.807) is 29.2 Å². The number of aromatic nitrogens is 1. The quantitative estimate of drug-likeness (QED) is 0.553. The zero-order valence-electron chi connectivity index (χ0n) is 20.1. The van der Waals surface area contributed by atoms with Gasteiger partial charge < -0.3 is 14.2 Å². The van der Waals surface area contributed by atoms with E-state index in [4.69, 9.17) is 16.3 Å². The van der Waals surface area contributed by atoms with E-state index in [9.17, 15) is 22.8 Å². The molecule has 35 heavy (non-hydrogen) atoms. The lowest BCUT2D eigenvalue weighted by atomic mass is 9.79. The number of amides is 1. The Balaban J connectivity index is 0.00000361. The molecule has 2 aromatic rings. The van der Waals surface area contributed by atoms with Crippen LogP contribution in [0.25, 0.3) is 0 Å². The highest BCUT2D eigenvalue weighted by Gasteiger charge is 2.49. The van der Waals surface area contributed by atoms with Crippen molar-refractivity contribution >= 4 is 23.3 Å². The molecule has 0 radical (unpaired) electrons. The number of likely N-dealkylation sites (tertiary alicyclic amines) is 1. The van der Waals surface area contributed by atoms with Gasteiger partial charge >= 0.3 is 6.18 Å². The van der Waals surface area contributed by atoms with Crippen LogP contribution in [0.5, 0.6) is 5.75 Å². The maximum atomic E-state index is 13.2. The minimum absolute atomic E-state index is 0. The molecule has 4 rings (SSSR count). The molecule has 1 amide bonds. The largest absolute Gasteiger partial charge is 0.489 e. The number of carbonyl (C=O) groups excluding carboxylic acids is 2. The summed E-state index contributed by atoms with van der Waals surface area (Å²) >= 11 is 6.30. The van der Waals surface area contributed by atoms with Gasteiger partial charge in [0.1, 0.15) is 5.75 Å². The lowest BCUT2D eigenvalue weighted by Gasteiger charge is -2.51. The van der Waals surface area contributed by atoms with Gasteiger partial charge in [-0.2, -0.15) is 13.2 Å². The van der Waals surface area contributed by atoms with Crippen molar-refractivity contribution < 1.29 is 28.9 Å². The molecule has 1 fully saturated rings. The summed E-state index contributed by atoms with van der Waals surface area (Å²) in [5.74, 6) is -1.50. The van der Waals surface area contributed by atoms with Crippen LogP contribution < -0.4 is 10.1 Å². The fourth-order valence-electron chi connectivity index (χ4n) is 5.18. The van der Waals surface area contributed by atoms with Crippen LogP contribution in [0.15, 0.2) is 30.3 Å². The Kier molecular flexibility index (Phi) is 6.47. The molecule has 3 heterocycles. The maximum Gasteiger partial charge on any atom is 0.456 e. The first-order chi connectivity index (χ1) is 16.2. The lowest BCUT2D eigenvalue weighted by molar-refractivity contribution is -0.0892. The second-order valence-corrected chi connectivity index (χ2v) is 10.6. The summed E-state index contributed by atoms with van der Waals surface area (Å²) in [6, 6.07) is 7.81. The number of carbonyl (C=O) groups is 2. The lowest BCUT2D eigenvalue weighted by Crippen LogP contribution is -2.63. The van der Waals surface area contributed by atoms with Crippen molar-refractivity contribution in [3.05, 3.63) is 52.3 Å². The second-order valence-electron chi connectivity index (χ2n) is 10.2. The number of halogens is 4. The summed E-state index contributed by atoms with van der Waals surface area (Å²) in [7, 11) is 0. The van der Waals surface area contributed by atoms with Gasteiger partial charge in [-0.15, -0.1) is 0 Å². The summed E-state index contributed by atoms with van der Waals surface area (Å²) in [6.07, 6.45) is -4.00. The van der Waals surface area contributed by atoms with E-state index in [1.165, 1.54) is 10.6 Å². The number of alkyl halides is 3. The fraction of sp³-hybridized carbons (Fsp3) is 0.520. The molecular weight excluding hydrogens is 483 g/mol. The first-order valence-electron chi connectivity index (χ1n) is 11.6. The second kappa shape index (κ2) is 8.85. The van der Waals surface area contributed by atoms with Crippen LogP contribution in [0.1, 0.15) is 68.5 Å². The molecule has 1 N–H and O–H groups in total. The van der Waals surface area contributed by atoms with Crippen molar-refractivity contribution in [1.82, 2.24) is 14.8 Å². The summed E-state index contributed by atoms with van der Waals surface area (Å²) in [6.45, 7) is 8.62. The first kappa shape index (κ1) is 25.6. The zero-order valence-corrected chi connectivity index (χ0v) is 20.9. The molecule has 1 aromatic heterocycles. The summed E-state index contributed by atoms with van der Waals surface area (Å²) < 4.78 is 46.7. The van der Waals surface area contributed by atoms with Gasteiger partial charge in [0.2, 0.25) is 0 Å². The molecule has 2 aliphatic rings. The Labute approximate surface area is 208 Å². The van der Waals surface area contributed by atoms with E-state index in [-0.39, 0.29) is 25.7 Å². The smallest absolute Gasteiger partial charge is 0.456 e. The highest BCUT2D eigenvalue weighted by molar-refractivity contribution is 6.32. The van der Waals surface area contributed by atoms with Crippen molar-refractivity contribution in [2.24, 2.45) is 0 Å². The number of hydrogen-bond acceptors (Lipinski definition) is 4. The Morgan fingerprint density at radius 1 is 1.14 bits per heavy atom. The van der Waals surface area contributed by atoms with E-state index in [2.05, 4.69) is 5.32 Å². The van der Waals surface area contributed by atoms with Gasteiger partial charge in [-0.05, 0) is 70.9 Å². The van der Waals surface area contributed by atoms with Gasteiger partial charge in [0.15, 0.2) is 0 Å². The number of piperidine rings is 1. The molecule has 0 atom stereocenters. The SMILES string of the molecule is CC(C)Oc1ccc(C(=O)N2CCC3(CC2)NC(C)(C)Cn2c(C(=O)C(F)(F)F)ccc23)cc1Cl.[HH]. The van der Waals surface area contributed by atoms with Crippen LogP contribution in [-0.2, 0) is 12.1 Å². The minimum atomic E-state index is -4.94. The summed E-state index contributed by atoms with van der Waals surface area (Å²) in [4.78, 5) is 26.9. The van der Waals surface area contributed by atoms with Crippen molar-refractivity contribution in [2.75, 3.05) is 13.1 Å². The number of rotatable bonds is 4. The molecule has 192 valence electrons. The maximum absolute atomic E-state index is 13.2. The summed E-state index contributed by atoms with van der Waals surface area (Å²) in [5.41, 5.74) is -0.443. The normalized spacial score (nSPS) is 19.1. The number of ketones is 1. The number of nitrogens with one attached hydrogen (secondary N) is 1. The van der Waals surface area contributed by atoms with E-state index in [0.717, 1.165) is 0 Å². The van der Waals surface area contributed by atoms with Crippen molar-refractivity contribution in [1.29, 1.82) is 0 Å². The standard InChI is InChI=1S/C25H29ClF3N3O3.H2/c1-15(2)35-19-7-5-16(13-17(19)26)22(34)31-11-9-24(10-12-31)20-8-6-18(21(33)25(27,28)29)32(20)14-23(3,4)30-24;/h5-8,13,15,30H,9-12,14H2,1-4H3;1H. The van der Waals surface area contributed by atoms with Crippen LogP contribution in [0, 0.1) is 0 Å². The van der Waals surface area contributed by atoms with Crippen LogP contribution >= 0.6 is 11.6 Å². The molecule has 6 nitrogen and oxygen atoms in total. The number of fused-ring (bicyclic) bond motifs is 2. The molecule has 1 spiro atoms. The Bertz CT molecular complexity index is 1160. The number of nitrogens with zero attached hydrogens (tertiary/aromatic N) is 2. The molecular formula is C25H31ClF3N3O3. The van der Waals surface area contributed by atoms with Gasteiger partial charge in [-0.3, -0.25) is 14.9 Å². The zero-order chi connectivity index (χ0) is 25.8. The predicted molar refractivity (Wildman–Crippen MR) is 128 cm³/mol. The first-order valence-corrected chi connectivity index (χ1v) is 12.0. The van der Waals surface area contributed by atoms with Crippen LogP contribution in [-0.4, -0.2) is 52.1 Å². The third-order valence-corrected chi connectivity index (χ3v) is 6.83. The van der Waals surface area contributed by atoms with Crippen LogP contribution in [0.3, 0.4) is 0 Å². The number of benzene rings is 1. The molecule has 1 aromatic carbocycles. The van der Waals surface area contributed by atoms with Gasteiger partial charge in [-0.1, -0.05) is 11.6 Å². The molecule has 1 saturated heterocycles. The molecule has 0 saturated carbocycles. The molecule has 2 aliphatic heterocycles. The third kappa shape index (κ3) is 4.93. The van der Waals surface area contributed by atoms with Crippen molar-refractivity contribution in [3.63, 3.8) is 0 Å². The Morgan fingerprint density at radius 3 is 2.37 bits per heavy atom. The minimum Gasteiger partial charge on any atom is -0.489 e. The van der Waals surface area contributed by atoms with Gasteiger partial charge in [-0.25, -0.2) is 0 Å². The topological polar surface area (TPSA) is 63.6 Å². The van der Waals surface area contributed by atoms with E-state index >= 15 is 0 Å². The fourth-order valence-corrected chi connectivity index (χ4v) is 5.41. The highest BCUT2D eigenvalue weighted by Crippen LogP contribution is 2.41. The molecule has 10 heteroatoms. The van der Waals surface area contributed by atoms with Gasteiger partial charge in [0.25, 0.3) is 11.7 Å². The third-order valence-electron chi connectivity index (χ3n) is 6.54. The Morgan fingerprint density at radius 2 is 1.80 bits per heavy atom. The number of Topliss-reactive ketones (excluding diaryl/α,β-unsaturated/α-hetero) is 1. The predicted octanol–water partition coefficient (Wildman–Crippen LogP) is 5.43. The molecule has 0 bridgehead atoms. The van der Waals surface area contributed by atoms with Crippen molar-refractivity contribution in [3.8, 4) is 5.75 Å². The average molecular weight is 514 g/mol. The van der Waals surface area contributed by atoms with Gasteiger partial charge in [0, 0.05) is 37.9 Å². The molecule has 0 aliphatic carbocycles. The van der Waals surface area contributed by atoms with E-state index in [0.29, 0.717) is 48.0 Å².